The fourth-order valence-corrected chi connectivity index (χ4v) is 5.45. The Labute approximate surface area is 192 Å². The van der Waals surface area contributed by atoms with Crippen LogP contribution >= 0.6 is 11.3 Å². The van der Waals surface area contributed by atoms with Gasteiger partial charge in [-0.25, -0.2) is 4.98 Å². The lowest BCUT2D eigenvalue weighted by atomic mass is 9.95. The highest BCUT2D eigenvalue weighted by Gasteiger charge is 2.28. The van der Waals surface area contributed by atoms with Gasteiger partial charge < -0.3 is 10.2 Å². The zero-order valence-electron chi connectivity index (χ0n) is 18.3. The molecule has 2 aliphatic rings. The third kappa shape index (κ3) is 4.19. The normalized spacial score (nSPS) is 16.1. The minimum atomic E-state index is -0.0942. The van der Waals surface area contributed by atoms with Crippen molar-refractivity contribution in [3.05, 3.63) is 70.1 Å². The van der Waals surface area contributed by atoms with Crippen LogP contribution in [0.4, 0.5) is 5.13 Å². The minimum Gasteiger partial charge on any atom is -0.339 e. The first-order valence-corrected chi connectivity index (χ1v) is 12.2. The molecular formula is C26H27N3O2S. The maximum Gasteiger partial charge on any atom is 0.254 e. The van der Waals surface area contributed by atoms with E-state index in [0.717, 1.165) is 28.8 Å². The van der Waals surface area contributed by atoms with Gasteiger partial charge in [0.2, 0.25) is 5.91 Å². The van der Waals surface area contributed by atoms with E-state index in [2.05, 4.69) is 28.5 Å². The van der Waals surface area contributed by atoms with E-state index in [9.17, 15) is 9.59 Å². The van der Waals surface area contributed by atoms with Gasteiger partial charge in [0.15, 0.2) is 5.13 Å². The Morgan fingerprint density at radius 1 is 1.06 bits per heavy atom. The van der Waals surface area contributed by atoms with Crippen LogP contribution in [-0.2, 0) is 17.6 Å². The SMILES string of the molecule is Cc1ccccc1C(=O)N1CCC(C(=O)Nc2nc(-c3ccc4c(c3)CCC4)cs2)CC1. The molecule has 1 N–H and O–H groups in total. The predicted octanol–water partition coefficient (Wildman–Crippen LogP) is 5.10. The predicted molar refractivity (Wildman–Crippen MR) is 128 cm³/mol. The van der Waals surface area contributed by atoms with Gasteiger partial charge in [-0.05, 0) is 67.9 Å². The number of likely N-dealkylation sites (tertiary alicyclic amines) is 1. The van der Waals surface area contributed by atoms with Crippen molar-refractivity contribution in [2.75, 3.05) is 18.4 Å². The summed E-state index contributed by atoms with van der Waals surface area (Å²) in [6, 6.07) is 14.2. The number of thiazole rings is 1. The second kappa shape index (κ2) is 8.87. The van der Waals surface area contributed by atoms with Gasteiger partial charge in [-0.2, -0.15) is 0 Å². The maximum atomic E-state index is 12.8. The number of nitrogens with zero attached hydrogens (tertiary/aromatic N) is 2. The zero-order chi connectivity index (χ0) is 22.1. The van der Waals surface area contributed by atoms with E-state index < -0.39 is 0 Å². The first-order valence-electron chi connectivity index (χ1n) is 11.3. The van der Waals surface area contributed by atoms with Crippen molar-refractivity contribution in [3.8, 4) is 11.3 Å². The second-order valence-electron chi connectivity index (χ2n) is 8.75. The van der Waals surface area contributed by atoms with Crippen molar-refractivity contribution in [1.82, 2.24) is 9.88 Å². The lowest BCUT2D eigenvalue weighted by Gasteiger charge is -2.31. The summed E-state index contributed by atoms with van der Waals surface area (Å²) < 4.78 is 0. The molecule has 0 spiro atoms. The van der Waals surface area contributed by atoms with E-state index in [0.29, 0.717) is 31.1 Å². The molecule has 0 saturated carbocycles. The van der Waals surface area contributed by atoms with Crippen molar-refractivity contribution in [1.29, 1.82) is 0 Å². The van der Waals surface area contributed by atoms with Crippen LogP contribution < -0.4 is 5.32 Å². The van der Waals surface area contributed by atoms with Crippen molar-refractivity contribution >= 4 is 28.3 Å². The lowest BCUT2D eigenvalue weighted by molar-refractivity contribution is -0.121. The molecule has 1 aliphatic heterocycles. The average Bonchev–Trinajstić information content (AvgIpc) is 3.48. The molecule has 2 heterocycles. The summed E-state index contributed by atoms with van der Waals surface area (Å²) >= 11 is 1.47. The Bertz CT molecular complexity index is 1160. The molecule has 5 rings (SSSR count). The number of hydrogen-bond acceptors (Lipinski definition) is 4. The largest absolute Gasteiger partial charge is 0.339 e. The molecule has 32 heavy (non-hydrogen) atoms. The van der Waals surface area contributed by atoms with Crippen molar-refractivity contribution in [3.63, 3.8) is 0 Å². The minimum absolute atomic E-state index is 0.00263. The molecule has 0 atom stereocenters. The number of aryl methyl sites for hydroxylation is 3. The Kier molecular flexibility index (Phi) is 5.79. The van der Waals surface area contributed by atoms with Crippen LogP contribution in [-0.4, -0.2) is 34.8 Å². The maximum absolute atomic E-state index is 12.8. The number of hydrogen-bond donors (Lipinski definition) is 1. The van der Waals surface area contributed by atoms with Crippen LogP contribution in [0.5, 0.6) is 0 Å². The highest BCUT2D eigenvalue weighted by Crippen LogP contribution is 2.30. The van der Waals surface area contributed by atoms with Crippen molar-refractivity contribution in [2.45, 2.75) is 39.0 Å². The molecule has 1 saturated heterocycles. The first kappa shape index (κ1) is 20.9. The molecule has 0 bridgehead atoms. The summed E-state index contributed by atoms with van der Waals surface area (Å²) in [7, 11) is 0. The number of anilines is 1. The molecule has 0 radical (unpaired) electrons. The fraction of sp³-hybridized carbons (Fsp3) is 0.346. The van der Waals surface area contributed by atoms with Crippen LogP contribution in [0.1, 0.15) is 46.3 Å². The van der Waals surface area contributed by atoms with Gasteiger partial charge in [-0.15, -0.1) is 11.3 Å². The summed E-state index contributed by atoms with van der Waals surface area (Å²) in [6.07, 6.45) is 4.89. The van der Waals surface area contributed by atoms with E-state index in [1.807, 2.05) is 41.5 Å². The number of rotatable bonds is 4. The Morgan fingerprint density at radius 2 is 1.84 bits per heavy atom. The van der Waals surface area contributed by atoms with Gasteiger partial charge >= 0.3 is 0 Å². The summed E-state index contributed by atoms with van der Waals surface area (Å²) in [5.41, 5.74) is 6.64. The van der Waals surface area contributed by atoms with Crippen molar-refractivity contribution < 1.29 is 9.59 Å². The highest BCUT2D eigenvalue weighted by molar-refractivity contribution is 7.14. The summed E-state index contributed by atoms with van der Waals surface area (Å²) in [5, 5.41) is 5.66. The van der Waals surface area contributed by atoms with Gasteiger partial charge in [0.1, 0.15) is 0 Å². The number of carbonyl (C=O) groups excluding carboxylic acids is 2. The number of aromatic nitrogens is 1. The summed E-state index contributed by atoms with van der Waals surface area (Å²) in [5.74, 6) is -0.0352. The third-order valence-electron chi connectivity index (χ3n) is 6.66. The number of fused-ring (bicyclic) bond motifs is 1. The third-order valence-corrected chi connectivity index (χ3v) is 7.41. The first-order chi connectivity index (χ1) is 15.6. The molecule has 6 heteroatoms. The van der Waals surface area contributed by atoms with E-state index >= 15 is 0 Å². The summed E-state index contributed by atoms with van der Waals surface area (Å²) in [4.78, 5) is 32.2. The van der Waals surface area contributed by atoms with E-state index in [-0.39, 0.29) is 17.7 Å². The smallest absolute Gasteiger partial charge is 0.254 e. The molecule has 2 amide bonds. The van der Waals surface area contributed by atoms with Crippen LogP contribution in [0.25, 0.3) is 11.3 Å². The fourth-order valence-electron chi connectivity index (χ4n) is 4.73. The summed E-state index contributed by atoms with van der Waals surface area (Å²) in [6.45, 7) is 3.16. The number of piperidine rings is 1. The lowest BCUT2D eigenvalue weighted by Crippen LogP contribution is -2.41. The zero-order valence-corrected chi connectivity index (χ0v) is 19.1. The van der Waals surface area contributed by atoms with E-state index in [4.69, 9.17) is 0 Å². The van der Waals surface area contributed by atoms with Crippen molar-refractivity contribution in [2.24, 2.45) is 5.92 Å². The molecule has 1 aromatic heterocycles. The van der Waals surface area contributed by atoms with Crippen LogP contribution in [0, 0.1) is 12.8 Å². The molecule has 5 nitrogen and oxygen atoms in total. The molecule has 2 aromatic carbocycles. The second-order valence-corrected chi connectivity index (χ2v) is 9.60. The average molecular weight is 446 g/mol. The van der Waals surface area contributed by atoms with Gasteiger partial charge in [0.05, 0.1) is 5.69 Å². The monoisotopic (exact) mass is 445 g/mol. The number of benzene rings is 2. The molecule has 1 fully saturated rings. The van der Waals surface area contributed by atoms with Crippen LogP contribution in [0.2, 0.25) is 0 Å². The number of nitrogens with one attached hydrogen (secondary N) is 1. The Balaban J connectivity index is 1.18. The number of amides is 2. The molecule has 0 unspecified atom stereocenters. The molecule has 1 aliphatic carbocycles. The van der Waals surface area contributed by atoms with Crippen LogP contribution in [0.15, 0.2) is 47.8 Å². The Morgan fingerprint density at radius 3 is 2.66 bits per heavy atom. The van der Waals surface area contributed by atoms with Gasteiger partial charge in [-0.3, -0.25) is 9.59 Å². The van der Waals surface area contributed by atoms with Gasteiger partial charge in [0, 0.05) is 35.5 Å². The highest BCUT2D eigenvalue weighted by atomic mass is 32.1. The number of carbonyl (C=O) groups is 2. The molecule has 164 valence electrons. The topological polar surface area (TPSA) is 62.3 Å². The standard InChI is InChI=1S/C26H27N3O2S/c1-17-5-2-3-8-22(17)25(31)29-13-11-19(12-14-29)24(30)28-26-27-23(16-32-26)21-10-9-18-6-4-7-20(18)15-21/h2-3,5,8-10,15-16,19H,4,6-7,11-14H2,1H3,(H,27,28,30). The van der Waals surface area contributed by atoms with E-state index in [1.54, 1.807) is 0 Å². The van der Waals surface area contributed by atoms with Gasteiger partial charge in [0.25, 0.3) is 5.91 Å². The quantitative estimate of drug-likeness (QED) is 0.608. The van der Waals surface area contributed by atoms with E-state index in [1.165, 1.54) is 35.3 Å². The Hall–Kier alpha value is -2.99. The molecular weight excluding hydrogens is 418 g/mol. The van der Waals surface area contributed by atoms with Gasteiger partial charge in [-0.1, -0.05) is 30.3 Å². The van der Waals surface area contributed by atoms with Crippen LogP contribution in [0.3, 0.4) is 0 Å². The molecule has 3 aromatic rings.